The molecule has 16 heavy (non-hydrogen) atoms. The Balaban J connectivity index is 2.78. The Hall–Kier alpha value is -1.09. The molecule has 0 saturated carbocycles. The lowest BCUT2D eigenvalue weighted by atomic mass is 10.1. The van der Waals surface area contributed by atoms with Crippen LogP contribution in [0.4, 0.5) is 4.39 Å². The molecule has 0 spiro atoms. The van der Waals surface area contributed by atoms with Crippen LogP contribution in [0.15, 0.2) is 18.2 Å². The first kappa shape index (κ1) is 13.0. The lowest BCUT2D eigenvalue weighted by molar-refractivity contribution is 0.253. The van der Waals surface area contributed by atoms with Gasteiger partial charge in [-0.25, -0.2) is 4.39 Å². The van der Waals surface area contributed by atoms with Gasteiger partial charge in [0.2, 0.25) is 0 Å². The zero-order valence-electron chi connectivity index (χ0n) is 10.2. The van der Waals surface area contributed by atoms with Gasteiger partial charge < -0.3 is 10.5 Å². The predicted octanol–water partition coefficient (Wildman–Crippen LogP) is 3.27. The van der Waals surface area contributed by atoms with E-state index in [2.05, 4.69) is 13.8 Å². The molecule has 3 heteroatoms. The largest absolute Gasteiger partial charge is 0.493 e. The first-order valence-corrected chi connectivity index (χ1v) is 5.72. The molecule has 0 heterocycles. The van der Waals surface area contributed by atoms with Crippen molar-refractivity contribution in [3.63, 3.8) is 0 Å². The van der Waals surface area contributed by atoms with E-state index in [1.165, 1.54) is 12.1 Å². The van der Waals surface area contributed by atoms with Gasteiger partial charge in [-0.2, -0.15) is 0 Å². The molecule has 2 N–H and O–H groups in total. The fourth-order valence-electron chi connectivity index (χ4n) is 1.36. The lowest BCUT2D eigenvalue weighted by Gasteiger charge is -2.16. The number of nitrogens with two attached hydrogens (primary N) is 1. The number of hydrogen-bond acceptors (Lipinski definition) is 2. The SMILES string of the molecule is CCC(C)COc1ccc(F)cc1[C@H](C)N. The van der Waals surface area contributed by atoms with Gasteiger partial charge in [-0.05, 0) is 31.0 Å². The maximum Gasteiger partial charge on any atom is 0.124 e. The monoisotopic (exact) mass is 225 g/mol. The second-order valence-electron chi connectivity index (χ2n) is 4.30. The van der Waals surface area contributed by atoms with E-state index in [0.29, 0.717) is 18.3 Å². The van der Waals surface area contributed by atoms with Gasteiger partial charge in [0.1, 0.15) is 11.6 Å². The molecule has 1 aromatic rings. The van der Waals surface area contributed by atoms with E-state index in [4.69, 9.17) is 10.5 Å². The molecule has 2 atom stereocenters. The van der Waals surface area contributed by atoms with Gasteiger partial charge in [0, 0.05) is 11.6 Å². The molecule has 0 radical (unpaired) electrons. The summed E-state index contributed by atoms with van der Waals surface area (Å²) in [6, 6.07) is 4.27. The van der Waals surface area contributed by atoms with Crippen LogP contribution in [-0.4, -0.2) is 6.61 Å². The van der Waals surface area contributed by atoms with Crippen LogP contribution in [0.2, 0.25) is 0 Å². The van der Waals surface area contributed by atoms with Crippen molar-refractivity contribution in [3.05, 3.63) is 29.6 Å². The first-order chi connectivity index (χ1) is 7.54. The second-order valence-corrected chi connectivity index (χ2v) is 4.30. The zero-order chi connectivity index (χ0) is 12.1. The maximum absolute atomic E-state index is 13.1. The highest BCUT2D eigenvalue weighted by Gasteiger charge is 2.10. The minimum absolute atomic E-state index is 0.220. The van der Waals surface area contributed by atoms with Gasteiger partial charge >= 0.3 is 0 Å². The Morgan fingerprint density at radius 2 is 2.06 bits per heavy atom. The normalized spacial score (nSPS) is 14.6. The van der Waals surface area contributed by atoms with Gasteiger partial charge in [0.05, 0.1) is 6.61 Å². The van der Waals surface area contributed by atoms with Crippen LogP contribution in [0.25, 0.3) is 0 Å². The molecule has 90 valence electrons. The summed E-state index contributed by atoms with van der Waals surface area (Å²) in [6.07, 6.45) is 1.06. The Kier molecular flexibility index (Phi) is 4.74. The van der Waals surface area contributed by atoms with Crippen LogP contribution in [0, 0.1) is 11.7 Å². The van der Waals surface area contributed by atoms with E-state index in [1.807, 2.05) is 6.92 Å². The third-order valence-corrected chi connectivity index (χ3v) is 2.68. The number of rotatable bonds is 5. The van der Waals surface area contributed by atoms with E-state index in [0.717, 1.165) is 12.0 Å². The molecule has 0 aliphatic rings. The highest BCUT2D eigenvalue weighted by Crippen LogP contribution is 2.25. The number of benzene rings is 1. The molecule has 1 aromatic carbocycles. The van der Waals surface area contributed by atoms with Crippen molar-refractivity contribution in [1.82, 2.24) is 0 Å². The highest BCUT2D eigenvalue weighted by atomic mass is 19.1. The summed E-state index contributed by atoms with van der Waals surface area (Å²) in [5.74, 6) is 0.908. The van der Waals surface area contributed by atoms with Crippen LogP contribution in [0.1, 0.15) is 38.8 Å². The van der Waals surface area contributed by atoms with Gasteiger partial charge in [-0.3, -0.25) is 0 Å². The molecule has 2 nitrogen and oxygen atoms in total. The predicted molar refractivity (Wildman–Crippen MR) is 64.0 cm³/mol. The Morgan fingerprint density at radius 3 is 2.62 bits per heavy atom. The van der Waals surface area contributed by atoms with Crippen molar-refractivity contribution in [3.8, 4) is 5.75 Å². The summed E-state index contributed by atoms with van der Waals surface area (Å²) in [7, 11) is 0. The number of halogens is 1. The summed E-state index contributed by atoms with van der Waals surface area (Å²) >= 11 is 0. The summed E-state index contributed by atoms with van der Waals surface area (Å²) < 4.78 is 18.7. The molecular formula is C13H20FNO. The molecule has 1 rings (SSSR count). The zero-order valence-corrected chi connectivity index (χ0v) is 10.2. The fraction of sp³-hybridized carbons (Fsp3) is 0.538. The standard InChI is InChI=1S/C13H20FNO/c1-4-9(2)8-16-13-6-5-11(14)7-12(13)10(3)15/h5-7,9-10H,4,8,15H2,1-3H3/t9?,10-/m0/s1. The molecule has 0 aromatic heterocycles. The molecule has 0 fully saturated rings. The summed E-state index contributed by atoms with van der Waals surface area (Å²) in [5.41, 5.74) is 6.50. The smallest absolute Gasteiger partial charge is 0.124 e. The van der Waals surface area contributed by atoms with Crippen molar-refractivity contribution in [2.75, 3.05) is 6.61 Å². The van der Waals surface area contributed by atoms with Gasteiger partial charge in [-0.15, -0.1) is 0 Å². The van der Waals surface area contributed by atoms with E-state index >= 15 is 0 Å². The Labute approximate surface area is 96.6 Å². The van der Waals surface area contributed by atoms with Crippen LogP contribution in [0.5, 0.6) is 5.75 Å². The number of hydrogen-bond donors (Lipinski definition) is 1. The van der Waals surface area contributed by atoms with Crippen LogP contribution in [0.3, 0.4) is 0 Å². The van der Waals surface area contributed by atoms with Crippen LogP contribution >= 0.6 is 0 Å². The lowest BCUT2D eigenvalue weighted by Crippen LogP contribution is -2.12. The molecule has 0 aliphatic carbocycles. The third-order valence-electron chi connectivity index (χ3n) is 2.68. The van der Waals surface area contributed by atoms with E-state index < -0.39 is 0 Å². The average Bonchev–Trinajstić information content (AvgIpc) is 2.26. The summed E-state index contributed by atoms with van der Waals surface area (Å²) in [6.45, 7) is 6.70. The van der Waals surface area contributed by atoms with E-state index in [-0.39, 0.29) is 11.9 Å². The van der Waals surface area contributed by atoms with Crippen molar-refractivity contribution >= 4 is 0 Å². The van der Waals surface area contributed by atoms with Gasteiger partial charge in [0.25, 0.3) is 0 Å². The minimum atomic E-state index is -0.275. The number of ether oxygens (including phenoxy) is 1. The molecule has 0 amide bonds. The summed E-state index contributed by atoms with van der Waals surface area (Å²) in [4.78, 5) is 0. The first-order valence-electron chi connectivity index (χ1n) is 5.72. The van der Waals surface area contributed by atoms with Gasteiger partial charge in [-0.1, -0.05) is 20.3 Å². The third kappa shape index (κ3) is 3.49. The second kappa shape index (κ2) is 5.85. The topological polar surface area (TPSA) is 35.2 Å². The van der Waals surface area contributed by atoms with Crippen molar-refractivity contribution in [1.29, 1.82) is 0 Å². The van der Waals surface area contributed by atoms with Crippen molar-refractivity contribution < 1.29 is 9.13 Å². The van der Waals surface area contributed by atoms with Crippen molar-refractivity contribution in [2.45, 2.75) is 33.2 Å². The highest BCUT2D eigenvalue weighted by molar-refractivity contribution is 5.36. The van der Waals surface area contributed by atoms with Gasteiger partial charge in [0.15, 0.2) is 0 Å². The molecule has 0 aliphatic heterocycles. The average molecular weight is 225 g/mol. The molecule has 0 saturated heterocycles. The molecule has 1 unspecified atom stereocenters. The van der Waals surface area contributed by atoms with E-state index in [9.17, 15) is 4.39 Å². The van der Waals surface area contributed by atoms with E-state index in [1.54, 1.807) is 6.07 Å². The van der Waals surface area contributed by atoms with Crippen LogP contribution < -0.4 is 10.5 Å². The maximum atomic E-state index is 13.1. The van der Waals surface area contributed by atoms with Crippen LogP contribution in [-0.2, 0) is 0 Å². The minimum Gasteiger partial charge on any atom is -0.493 e. The molecular weight excluding hydrogens is 205 g/mol. The Morgan fingerprint density at radius 1 is 1.38 bits per heavy atom. The molecule has 0 bridgehead atoms. The summed E-state index contributed by atoms with van der Waals surface area (Å²) in [5, 5.41) is 0. The van der Waals surface area contributed by atoms with Crippen molar-refractivity contribution in [2.24, 2.45) is 11.7 Å². The fourth-order valence-corrected chi connectivity index (χ4v) is 1.36. The quantitative estimate of drug-likeness (QED) is 0.834. The Bertz CT molecular complexity index is 339.